The van der Waals surface area contributed by atoms with Crippen LogP contribution in [-0.2, 0) is 10.0 Å². The molecule has 2 heterocycles. The molecule has 0 saturated carbocycles. The second-order valence-electron chi connectivity index (χ2n) is 7.30. The van der Waals surface area contributed by atoms with Crippen molar-refractivity contribution >= 4 is 15.9 Å². The summed E-state index contributed by atoms with van der Waals surface area (Å²) in [5, 5.41) is 3.79. The van der Waals surface area contributed by atoms with E-state index in [-0.39, 0.29) is 42.5 Å². The molecule has 0 N–H and O–H groups in total. The van der Waals surface area contributed by atoms with E-state index in [0.717, 1.165) is 28.6 Å². The number of rotatable bonds is 5. The zero-order chi connectivity index (χ0) is 24.5. The number of piperazine rings is 1. The number of hydrogen-bond acceptors (Lipinski definition) is 6. The first-order valence-corrected chi connectivity index (χ1v) is 11.3. The van der Waals surface area contributed by atoms with Crippen molar-refractivity contribution in [2.75, 3.05) is 26.2 Å². The summed E-state index contributed by atoms with van der Waals surface area (Å²) in [7, 11) is -3.98. The molecule has 0 atom stereocenters. The molecule has 2 aromatic carbocycles. The van der Waals surface area contributed by atoms with Crippen LogP contribution in [0.1, 0.15) is 10.6 Å². The predicted molar refractivity (Wildman–Crippen MR) is 110 cm³/mol. The first-order valence-electron chi connectivity index (χ1n) is 9.91. The molecule has 1 amide bonds. The number of benzene rings is 2. The topological polar surface area (TPSA) is 93.0 Å². The number of carbonyl (C=O) groups is 1. The number of sulfonamides is 1. The predicted octanol–water partition coefficient (Wildman–Crippen LogP) is 3.53. The highest BCUT2D eigenvalue weighted by Crippen LogP contribution is 2.26. The monoisotopic (exact) mass is 499 g/mol. The Morgan fingerprint density at radius 1 is 1.00 bits per heavy atom. The van der Waals surface area contributed by atoms with E-state index < -0.39 is 33.9 Å². The van der Waals surface area contributed by atoms with Crippen LogP contribution in [0, 0.1) is 5.82 Å². The molecule has 3 aromatic rings. The molecule has 0 spiro atoms. The SMILES string of the molecule is O=C(c1cc(-c2cccc(F)c2)no1)N1CCN(S(=O)(=O)c2ccc(OC(F)(F)F)cc2)CC1. The summed E-state index contributed by atoms with van der Waals surface area (Å²) in [6, 6.07) is 10.9. The highest BCUT2D eigenvalue weighted by molar-refractivity contribution is 7.89. The van der Waals surface area contributed by atoms with Crippen LogP contribution in [0.25, 0.3) is 11.3 Å². The van der Waals surface area contributed by atoms with Crippen molar-refractivity contribution in [2.45, 2.75) is 11.3 Å². The number of aromatic nitrogens is 1. The van der Waals surface area contributed by atoms with E-state index in [9.17, 15) is 30.8 Å². The molecule has 0 radical (unpaired) electrons. The van der Waals surface area contributed by atoms with Gasteiger partial charge in [-0.1, -0.05) is 17.3 Å². The van der Waals surface area contributed by atoms with E-state index in [1.54, 1.807) is 6.07 Å². The average molecular weight is 499 g/mol. The van der Waals surface area contributed by atoms with Crippen LogP contribution in [0.4, 0.5) is 17.6 Å². The number of alkyl halides is 3. The van der Waals surface area contributed by atoms with Gasteiger partial charge in [-0.3, -0.25) is 4.79 Å². The van der Waals surface area contributed by atoms with Crippen LogP contribution < -0.4 is 4.74 Å². The third kappa shape index (κ3) is 5.20. The molecule has 180 valence electrons. The fourth-order valence-electron chi connectivity index (χ4n) is 3.41. The number of nitrogens with zero attached hydrogens (tertiary/aromatic N) is 3. The molecule has 1 aromatic heterocycles. The first-order chi connectivity index (χ1) is 16.0. The molecule has 0 bridgehead atoms. The van der Waals surface area contributed by atoms with Gasteiger partial charge in [0.25, 0.3) is 5.91 Å². The van der Waals surface area contributed by atoms with Crippen molar-refractivity contribution < 1.29 is 40.0 Å². The van der Waals surface area contributed by atoms with E-state index in [1.165, 1.54) is 29.2 Å². The van der Waals surface area contributed by atoms with Gasteiger partial charge in [-0.05, 0) is 36.4 Å². The van der Waals surface area contributed by atoms with Crippen molar-refractivity contribution in [3.05, 3.63) is 66.2 Å². The summed E-state index contributed by atoms with van der Waals surface area (Å²) < 4.78 is 85.9. The molecule has 0 aliphatic carbocycles. The van der Waals surface area contributed by atoms with Gasteiger partial charge in [0.2, 0.25) is 15.8 Å². The minimum atomic E-state index is -4.88. The lowest BCUT2D eigenvalue weighted by Gasteiger charge is -2.33. The Hall–Kier alpha value is -3.45. The Balaban J connectivity index is 1.39. The highest BCUT2D eigenvalue weighted by atomic mass is 32.2. The number of hydrogen-bond donors (Lipinski definition) is 0. The largest absolute Gasteiger partial charge is 0.573 e. The molecule has 1 saturated heterocycles. The summed E-state index contributed by atoms with van der Waals surface area (Å²) >= 11 is 0. The van der Waals surface area contributed by atoms with Crippen molar-refractivity contribution in [3.8, 4) is 17.0 Å². The minimum absolute atomic E-state index is 0.0280. The van der Waals surface area contributed by atoms with E-state index >= 15 is 0 Å². The highest BCUT2D eigenvalue weighted by Gasteiger charge is 2.33. The number of amides is 1. The second kappa shape index (κ2) is 9.06. The number of ether oxygens (including phenoxy) is 1. The fourth-order valence-corrected chi connectivity index (χ4v) is 4.83. The summed E-state index contributed by atoms with van der Waals surface area (Å²) in [6.45, 7) is 0.0617. The van der Waals surface area contributed by atoms with Crippen molar-refractivity contribution in [2.24, 2.45) is 0 Å². The molecule has 1 aliphatic heterocycles. The average Bonchev–Trinajstić information content (AvgIpc) is 3.28. The maximum Gasteiger partial charge on any atom is 0.573 e. The van der Waals surface area contributed by atoms with Gasteiger partial charge in [0.1, 0.15) is 17.3 Å². The quantitative estimate of drug-likeness (QED) is 0.499. The van der Waals surface area contributed by atoms with Crippen molar-refractivity contribution in [1.82, 2.24) is 14.4 Å². The van der Waals surface area contributed by atoms with Gasteiger partial charge in [-0.15, -0.1) is 13.2 Å². The zero-order valence-electron chi connectivity index (χ0n) is 17.3. The van der Waals surface area contributed by atoms with E-state index in [2.05, 4.69) is 9.89 Å². The van der Waals surface area contributed by atoms with Gasteiger partial charge in [0.15, 0.2) is 0 Å². The Labute approximate surface area is 191 Å². The van der Waals surface area contributed by atoms with Gasteiger partial charge in [-0.2, -0.15) is 4.31 Å². The van der Waals surface area contributed by atoms with Crippen molar-refractivity contribution in [3.63, 3.8) is 0 Å². The molecule has 34 heavy (non-hydrogen) atoms. The standard InChI is InChI=1S/C21H17F4N3O5S/c22-15-3-1-2-14(12-15)18-13-19(33-26-18)20(29)27-8-10-28(11-9-27)34(30,31)17-6-4-16(5-7-17)32-21(23,24)25/h1-7,12-13H,8-11H2. The van der Waals surface area contributed by atoms with Crippen LogP contribution in [-0.4, -0.2) is 61.2 Å². The normalized spacial score (nSPS) is 15.4. The Morgan fingerprint density at radius 2 is 1.68 bits per heavy atom. The lowest BCUT2D eigenvalue weighted by atomic mass is 10.1. The summed E-state index contributed by atoms with van der Waals surface area (Å²) in [4.78, 5) is 13.9. The molecular weight excluding hydrogens is 482 g/mol. The summed E-state index contributed by atoms with van der Waals surface area (Å²) in [5.74, 6) is -1.57. The Kier molecular flexibility index (Phi) is 6.32. The van der Waals surface area contributed by atoms with E-state index in [0.29, 0.717) is 5.56 Å². The number of carbonyl (C=O) groups excluding carboxylic acids is 1. The van der Waals surface area contributed by atoms with Crippen LogP contribution in [0.2, 0.25) is 0 Å². The maximum absolute atomic E-state index is 13.4. The molecule has 8 nitrogen and oxygen atoms in total. The fraction of sp³-hybridized carbons (Fsp3) is 0.238. The lowest BCUT2D eigenvalue weighted by molar-refractivity contribution is -0.274. The Bertz CT molecular complexity index is 1280. The third-order valence-electron chi connectivity index (χ3n) is 5.06. The third-order valence-corrected chi connectivity index (χ3v) is 6.98. The van der Waals surface area contributed by atoms with Gasteiger partial charge in [0, 0.05) is 37.8 Å². The van der Waals surface area contributed by atoms with Gasteiger partial charge in [0.05, 0.1) is 4.90 Å². The maximum atomic E-state index is 13.4. The summed E-state index contributed by atoms with van der Waals surface area (Å²) in [5.41, 5.74) is 0.715. The van der Waals surface area contributed by atoms with Gasteiger partial charge >= 0.3 is 6.36 Å². The lowest BCUT2D eigenvalue weighted by Crippen LogP contribution is -2.50. The van der Waals surface area contributed by atoms with Gasteiger partial charge < -0.3 is 14.2 Å². The van der Waals surface area contributed by atoms with Crippen molar-refractivity contribution in [1.29, 1.82) is 0 Å². The first kappa shape index (κ1) is 23.7. The number of halogens is 4. The molecule has 4 rings (SSSR count). The minimum Gasteiger partial charge on any atom is -0.406 e. The van der Waals surface area contributed by atoms with Gasteiger partial charge in [-0.25, -0.2) is 12.8 Å². The van der Waals surface area contributed by atoms with E-state index in [4.69, 9.17) is 4.52 Å². The van der Waals surface area contributed by atoms with Crippen LogP contribution in [0.5, 0.6) is 5.75 Å². The molecule has 1 fully saturated rings. The van der Waals surface area contributed by atoms with E-state index in [1.807, 2.05) is 0 Å². The molecule has 13 heteroatoms. The molecular formula is C21H17F4N3O5S. The smallest absolute Gasteiger partial charge is 0.406 e. The van der Waals surface area contributed by atoms with Crippen LogP contribution in [0.3, 0.4) is 0 Å². The van der Waals surface area contributed by atoms with Crippen LogP contribution >= 0.6 is 0 Å². The molecule has 0 unspecified atom stereocenters. The summed E-state index contributed by atoms with van der Waals surface area (Å²) in [6.07, 6.45) is -4.88. The second-order valence-corrected chi connectivity index (χ2v) is 9.24. The van der Waals surface area contributed by atoms with Crippen LogP contribution in [0.15, 0.2) is 64.0 Å². The Morgan fingerprint density at radius 3 is 2.29 bits per heavy atom. The molecule has 1 aliphatic rings. The zero-order valence-corrected chi connectivity index (χ0v) is 18.1.